The maximum absolute atomic E-state index is 3.64. The van der Waals surface area contributed by atoms with Crippen LogP contribution in [0.25, 0.3) is 0 Å². The summed E-state index contributed by atoms with van der Waals surface area (Å²) in [5, 5.41) is 3.64. The number of halogens is 1. The summed E-state index contributed by atoms with van der Waals surface area (Å²) in [6, 6.07) is 7.27. The lowest BCUT2D eigenvalue weighted by atomic mass is 9.90. The summed E-state index contributed by atoms with van der Waals surface area (Å²) in [5.74, 6) is 0.687. The number of fused-ring (bicyclic) bond motifs is 3. The fraction of sp³-hybridized carbons (Fsp3) is 0.500. The van der Waals surface area contributed by atoms with Gasteiger partial charge in [0.1, 0.15) is 0 Å². The van der Waals surface area contributed by atoms with E-state index in [1.54, 1.807) is 0 Å². The van der Waals surface area contributed by atoms with Crippen molar-refractivity contribution >= 4 is 21.6 Å². The van der Waals surface area contributed by atoms with Gasteiger partial charge in [0.05, 0.1) is 0 Å². The summed E-state index contributed by atoms with van der Waals surface area (Å²) in [6.45, 7) is 2.40. The van der Waals surface area contributed by atoms with E-state index in [0.29, 0.717) is 12.0 Å². The molecule has 0 radical (unpaired) electrons. The fourth-order valence-electron chi connectivity index (χ4n) is 2.78. The Kier molecular flexibility index (Phi) is 2.25. The number of likely N-dealkylation sites (tertiary alicyclic amines) is 1. The van der Waals surface area contributed by atoms with Crippen molar-refractivity contribution in [2.24, 2.45) is 0 Å². The highest BCUT2D eigenvalue weighted by Gasteiger charge is 2.35. The van der Waals surface area contributed by atoms with Gasteiger partial charge in [0.25, 0.3) is 0 Å². The minimum absolute atomic E-state index is 0.658. The number of anilines is 1. The van der Waals surface area contributed by atoms with Gasteiger partial charge in [-0.05, 0) is 37.7 Å². The lowest BCUT2D eigenvalue weighted by Crippen LogP contribution is -2.39. The molecule has 1 fully saturated rings. The predicted octanol–water partition coefficient (Wildman–Crippen LogP) is 2.66. The van der Waals surface area contributed by atoms with Gasteiger partial charge in [0.15, 0.2) is 0 Å². The van der Waals surface area contributed by atoms with E-state index in [1.165, 1.54) is 35.2 Å². The summed E-state index contributed by atoms with van der Waals surface area (Å²) in [4.78, 5) is 2.43. The normalized spacial score (nSPS) is 29.5. The van der Waals surface area contributed by atoms with Gasteiger partial charge in [-0.1, -0.05) is 22.0 Å². The van der Waals surface area contributed by atoms with Crippen LogP contribution in [0.4, 0.5) is 5.69 Å². The molecule has 0 bridgehead atoms. The Labute approximate surface area is 98.8 Å². The average Bonchev–Trinajstić information content (AvgIpc) is 2.54. The molecule has 2 nitrogen and oxygen atoms in total. The van der Waals surface area contributed by atoms with E-state index in [0.717, 1.165) is 0 Å². The summed E-state index contributed by atoms with van der Waals surface area (Å²) in [6.07, 6.45) is 1.26. The fourth-order valence-corrected chi connectivity index (χ4v) is 3.14. The van der Waals surface area contributed by atoms with Gasteiger partial charge in [-0.2, -0.15) is 0 Å². The van der Waals surface area contributed by atoms with Gasteiger partial charge in [0.2, 0.25) is 0 Å². The Morgan fingerprint density at radius 1 is 1.47 bits per heavy atom. The monoisotopic (exact) mass is 266 g/mol. The largest absolute Gasteiger partial charge is 0.381 e. The molecule has 3 rings (SSSR count). The first kappa shape index (κ1) is 9.67. The van der Waals surface area contributed by atoms with Crippen molar-refractivity contribution in [3.8, 4) is 0 Å². The van der Waals surface area contributed by atoms with Crippen molar-refractivity contribution in [1.29, 1.82) is 0 Å². The third-order valence-corrected chi connectivity index (χ3v) is 4.06. The van der Waals surface area contributed by atoms with Gasteiger partial charge in [-0.3, -0.25) is 0 Å². The number of rotatable bonds is 0. The van der Waals surface area contributed by atoms with Crippen molar-refractivity contribution in [2.45, 2.75) is 18.4 Å². The second kappa shape index (κ2) is 3.49. The van der Waals surface area contributed by atoms with Crippen LogP contribution in [0, 0.1) is 0 Å². The number of nitrogens with zero attached hydrogens (tertiary/aromatic N) is 1. The number of hydrogen-bond donors (Lipinski definition) is 1. The van der Waals surface area contributed by atoms with Crippen molar-refractivity contribution in [3.63, 3.8) is 0 Å². The third kappa shape index (κ3) is 1.58. The molecule has 2 atom stereocenters. The summed E-state index contributed by atoms with van der Waals surface area (Å²) in [5.41, 5.74) is 2.82. The molecule has 0 aromatic heterocycles. The van der Waals surface area contributed by atoms with Crippen LogP contribution < -0.4 is 5.32 Å². The smallest absolute Gasteiger partial charge is 0.0390 e. The van der Waals surface area contributed by atoms with Crippen LogP contribution in [0.15, 0.2) is 22.7 Å². The maximum atomic E-state index is 3.64. The molecule has 2 aliphatic heterocycles. The third-order valence-electron chi connectivity index (χ3n) is 3.57. The Morgan fingerprint density at radius 3 is 3.20 bits per heavy atom. The molecule has 0 aliphatic carbocycles. The quantitative estimate of drug-likeness (QED) is 0.777. The van der Waals surface area contributed by atoms with E-state index >= 15 is 0 Å². The molecule has 2 aliphatic rings. The zero-order chi connectivity index (χ0) is 10.4. The molecule has 2 heterocycles. The molecular formula is C12H15BrN2. The molecule has 15 heavy (non-hydrogen) atoms. The lowest BCUT2D eigenvalue weighted by Gasteiger charge is -2.32. The first-order chi connectivity index (χ1) is 7.24. The predicted molar refractivity (Wildman–Crippen MR) is 66.4 cm³/mol. The van der Waals surface area contributed by atoms with Gasteiger partial charge >= 0.3 is 0 Å². The number of hydrogen-bond acceptors (Lipinski definition) is 2. The highest BCUT2D eigenvalue weighted by atomic mass is 79.9. The number of benzene rings is 1. The van der Waals surface area contributed by atoms with E-state index in [9.17, 15) is 0 Å². The zero-order valence-electron chi connectivity index (χ0n) is 8.83. The second-order valence-electron chi connectivity index (χ2n) is 4.64. The number of piperidine rings is 1. The molecule has 0 amide bonds. The molecule has 80 valence electrons. The Balaban J connectivity index is 1.97. The second-order valence-corrected chi connectivity index (χ2v) is 5.56. The molecule has 3 heteroatoms. The SMILES string of the molecule is CN1CCC2Nc3cc(Br)ccc3C2C1. The van der Waals surface area contributed by atoms with E-state index in [4.69, 9.17) is 0 Å². The molecule has 0 saturated carbocycles. The van der Waals surface area contributed by atoms with Crippen LogP contribution in [-0.2, 0) is 0 Å². The molecule has 2 unspecified atom stereocenters. The maximum Gasteiger partial charge on any atom is 0.0390 e. The van der Waals surface area contributed by atoms with Crippen molar-refractivity contribution in [3.05, 3.63) is 28.2 Å². The van der Waals surface area contributed by atoms with E-state index in [2.05, 4.69) is 51.4 Å². The van der Waals surface area contributed by atoms with Crippen LogP contribution in [0.1, 0.15) is 17.9 Å². The van der Waals surface area contributed by atoms with E-state index in [1.807, 2.05) is 0 Å². The summed E-state index contributed by atoms with van der Waals surface area (Å²) >= 11 is 3.53. The summed E-state index contributed by atoms with van der Waals surface area (Å²) < 4.78 is 1.17. The molecule has 1 N–H and O–H groups in total. The van der Waals surface area contributed by atoms with Gasteiger partial charge in [0, 0.05) is 28.7 Å². The molecule has 1 aromatic rings. The topological polar surface area (TPSA) is 15.3 Å². The van der Waals surface area contributed by atoms with Crippen molar-refractivity contribution in [2.75, 3.05) is 25.5 Å². The number of nitrogens with one attached hydrogen (secondary N) is 1. The number of likely N-dealkylation sites (N-methyl/N-ethyl adjacent to an activating group) is 1. The highest BCUT2D eigenvalue weighted by molar-refractivity contribution is 9.10. The van der Waals surface area contributed by atoms with Gasteiger partial charge in [-0.15, -0.1) is 0 Å². The molecule has 1 saturated heterocycles. The van der Waals surface area contributed by atoms with E-state index in [-0.39, 0.29) is 0 Å². The Hall–Kier alpha value is -0.540. The molecule has 0 spiro atoms. The van der Waals surface area contributed by atoms with Crippen LogP contribution in [0.3, 0.4) is 0 Å². The average molecular weight is 267 g/mol. The van der Waals surface area contributed by atoms with Crippen LogP contribution in [-0.4, -0.2) is 31.1 Å². The Morgan fingerprint density at radius 2 is 2.33 bits per heavy atom. The first-order valence-electron chi connectivity index (χ1n) is 5.48. The summed E-state index contributed by atoms with van der Waals surface area (Å²) in [7, 11) is 2.22. The minimum atomic E-state index is 0.658. The Bertz CT molecular complexity index is 391. The van der Waals surface area contributed by atoms with Crippen LogP contribution in [0.5, 0.6) is 0 Å². The zero-order valence-corrected chi connectivity index (χ0v) is 10.4. The standard InChI is InChI=1S/C12H15BrN2/c1-15-5-4-11-10(7-15)9-3-2-8(13)6-12(9)14-11/h2-3,6,10-11,14H,4-5,7H2,1H3. The molecule has 1 aromatic carbocycles. The van der Waals surface area contributed by atoms with Crippen molar-refractivity contribution in [1.82, 2.24) is 4.90 Å². The highest BCUT2D eigenvalue weighted by Crippen LogP contribution is 2.40. The minimum Gasteiger partial charge on any atom is -0.381 e. The van der Waals surface area contributed by atoms with Crippen molar-refractivity contribution < 1.29 is 0 Å². The lowest BCUT2D eigenvalue weighted by molar-refractivity contribution is 0.243. The molecular weight excluding hydrogens is 252 g/mol. The van der Waals surface area contributed by atoms with Gasteiger partial charge < -0.3 is 10.2 Å². The first-order valence-corrected chi connectivity index (χ1v) is 6.28. The van der Waals surface area contributed by atoms with Crippen LogP contribution in [0.2, 0.25) is 0 Å². The van der Waals surface area contributed by atoms with E-state index < -0.39 is 0 Å². The van der Waals surface area contributed by atoms with Crippen LogP contribution >= 0.6 is 15.9 Å². The van der Waals surface area contributed by atoms with Gasteiger partial charge in [-0.25, -0.2) is 0 Å².